The largest absolute Gasteiger partial charge is 0.371 e. The molecule has 0 radical (unpaired) electrons. The second kappa shape index (κ2) is 8.60. The first-order chi connectivity index (χ1) is 9.08. The van der Waals surface area contributed by atoms with Gasteiger partial charge in [0.05, 0.1) is 0 Å². The molecule has 0 aromatic heterocycles. The van der Waals surface area contributed by atoms with Crippen molar-refractivity contribution in [2.75, 3.05) is 18.0 Å². The minimum absolute atomic E-state index is 0.516. The number of anilines is 1. The molecule has 1 rings (SSSR count). The van der Waals surface area contributed by atoms with Crippen molar-refractivity contribution >= 4 is 21.6 Å². The van der Waals surface area contributed by atoms with E-state index in [0.29, 0.717) is 6.04 Å². The molecule has 0 heterocycles. The summed E-state index contributed by atoms with van der Waals surface area (Å²) in [7, 11) is 0. The number of nitrogens with one attached hydrogen (secondary N) is 1. The topological polar surface area (TPSA) is 15.3 Å². The van der Waals surface area contributed by atoms with Crippen LogP contribution in [0.1, 0.15) is 46.1 Å². The van der Waals surface area contributed by atoms with E-state index in [-0.39, 0.29) is 0 Å². The summed E-state index contributed by atoms with van der Waals surface area (Å²) in [6.07, 6.45) is 2.37. The van der Waals surface area contributed by atoms with E-state index in [9.17, 15) is 0 Å². The van der Waals surface area contributed by atoms with Crippen molar-refractivity contribution in [3.63, 3.8) is 0 Å². The van der Waals surface area contributed by atoms with Crippen LogP contribution in [-0.2, 0) is 6.54 Å². The highest BCUT2D eigenvalue weighted by Crippen LogP contribution is 2.26. The second-order valence-electron chi connectivity index (χ2n) is 5.30. The Morgan fingerprint density at radius 2 is 1.79 bits per heavy atom. The Hall–Kier alpha value is -0.540. The summed E-state index contributed by atoms with van der Waals surface area (Å²) in [6, 6.07) is 7.13. The Morgan fingerprint density at radius 3 is 2.32 bits per heavy atom. The van der Waals surface area contributed by atoms with Crippen LogP contribution in [0.15, 0.2) is 22.7 Å². The maximum absolute atomic E-state index is 3.60. The number of hydrogen-bond donors (Lipinski definition) is 1. The molecule has 0 fully saturated rings. The fourth-order valence-corrected chi connectivity index (χ4v) is 2.54. The van der Waals surface area contributed by atoms with E-state index < -0.39 is 0 Å². The quantitative estimate of drug-likeness (QED) is 0.752. The van der Waals surface area contributed by atoms with Crippen molar-refractivity contribution in [2.45, 2.75) is 53.1 Å². The maximum atomic E-state index is 3.60. The van der Waals surface area contributed by atoms with Crippen molar-refractivity contribution in [1.29, 1.82) is 0 Å². The molecule has 0 amide bonds. The number of hydrogen-bond acceptors (Lipinski definition) is 2. The Labute approximate surface area is 126 Å². The highest BCUT2D eigenvalue weighted by atomic mass is 79.9. The Bertz CT molecular complexity index is 371. The third-order valence-electron chi connectivity index (χ3n) is 3.08. The van der Waals surface area contributed by atoms with Crippen LogP contribution in [0.3, 0.4) is 0 Å². The van der Waals surface area contributed by atoms with E-state index in [2.05, 4.69) is 72.0 Å². The van der Waals surface area contributed by atoms with Crippen LogP contribution < -0.4 is 10.2 Å². The summed E-state index contributed by atoms with van der Waals surface area (Å²) in [5.41, 5.74) is 2.75. The molecule has 2 nitrogen and oxygen atoms in total. The zero-order chi connectivity index (χ0) is 14.3. The van der Waals surface area contributed by atoms with Crippen LogP contribution >= 0.6 is 15.9 Å². The van der Waals surface area contributed by atoms with Crippen LogP contribution in [0.4, 0.5) is 5.69 Å². The fraction of sp³-hybridized carbons (Fsp3) is 0.625. The molecule has 0 spiro atoms. The smallest absolute Gasteiger partial charge is 0.0423 e. The van der Waals surface area contributed by atoms with Gasteiger partial charge in [-0.15, -0.1) is 0 Å². The van der Waals surface area contributed by atoms with Crippen molar-refractivity contribution in [3.05, 3.63) is 28.2 Å². The molecule has 3 heteroatoms. The summed E-state index contributed by atoms with van der Waals surface area (Å²) in [4.78, 5) is 2.50. The van der Waals surface area contributed by atoms with Gasteiger partial charge in [0.1, 0.15) is 0 Å². The summed E-state index contributed by atoms with van der Waals surface area (Å²) in [6.45, 7) is 12.0. The molecular formula is C16H27BrN2. The van der Waals surface area contributed by atoms with Crippen molar-refractivity contribution in [3.8, 4) is 0 Å². The molecule has 19 heavy (non-hydrogen) atoms. The van der Waals surface area contributed by atoms with Crippen molar-refractivity contribution in [2.24, 2.45) is 0 Å². The summed E-state index contributed by atoms with van der Waals surface area (Å²) in [5, 5.41) is 3.52. The standard InChI is InChI=1S/C16H27BrN2/c1-5-9-19(10-6-2)16-11-15(17)8-7-14(16)12-18-13(3)4/h7-8,11,13,18H,5-6,9-10,12H2,1-4H3. The molecule has 1 aromatic rings. The Kier molecular flexibility index (Phi) is 7.47. The third-order valence-corrected chi connectivity index (χ3v) is 3.57. The minimum Gasteiger partial charge on any atom is -0.371 e. The normalized spacial score (nSPS) is 11.1. The number of rotatable bonds is 8. The molecule has 0 bridgehead atoms. The predicted molar refractivity (Wildman–Crippen MR) is 88.9 cm³/mol. The average Bonchev–Trinajstić information content (AvgIpc) is 2.37. The van der Waals surface area contributed by atoms with Gasteiger partial charge in [-0.2, -0.15) is 0 Å². The molecule has 0 aliphatic heterocycles. The third kappa shape index (κ3) is 5.53. The highest BCUT2D eigenvalue weighted by Gasteiger charge is 2.11. The molecule has 0 saturated carbocycles. The molecule has 1 aromatic carbocycles. The van der Waals surface area contributed by atoms with Gasteiger partial charge < -0.3 is 10.2 Å². The van der Waals surface area contributed by atoms with Crippen LogP contribution in [-0.4, -0.2) is 19.1 Å². The fourth-order valence-electron chi connectivity index (χ4n) is 2.19. The van der Waals surface area contributed by atoms with Crippen molar-refractivity contribution in [1.82, 2.24) is 5.32 Å². The first kappa shape index (κ1) is 16.5. The number of nitrogens with zero attached hydrogens (tertiary/aromatic N) is 1. The molecule has 0 atom stereocenters. The number of benzene rings is 1. The van der Waals surface area contributed by atoms with Gasteiger partial charge in [0.15, 0.2) is 0 Å². The van der Waals surface area contributed by atoms with Crippen LogP contribution in [0.2, 0.25) is 0 Å². The van der Waals surface area contributed by atoms with E-state index in [1.54, 1.807) is 0 Å². The molecular weight excluding hydrogens is 300 g/mol. The molecule has 0 aliphatic carbocycles. The summed E-state index contributed by atoms with van der Waals surface area (Å²) < 4.78 is 1.16. The molecule has 108 valence electrons. The van der Waals surface area contributed by atoms with Gasteiger partial charge in [0.25, 0.3) is 0 Å². The molecule has 1 N–H and O–H groups in total. The van der Waals surface area contributed by atoms with Gasteiger partial charge in [0, 0.05) is 35.8 Å². The SMILES string of the molecule is CCCN(CCC)c1cc(Br)ccc1CNC(C)C. The van der Waals surface area contributed by atoms with E-state index in [1.807, 2.05) is 0 Å². The minimum atomic E-state index is 0.516. The van der Waals surface area contributed by atoms with Gasteiger partial charge in [-0.1, -0.05) is 49.7 Å². The van der Waals surface area contributed by atoms with Gasteiger partial charge in [-0.25, -0.2) is 0 Å². The van der Waals surface area contributed by atoms with E-state index in [0.717, 1.165) is 24.1 Å². The van der Waals surface area contributed by atoms with Gasteiger partial charge in [-0.3, -0.25) is 0 Å². The van der Waals surface area contributed by atoms with Gasteiger partial charge in [0.2, 0.25) is 0 Å². The molecule has 0 aliphatic rings. The second-order valence-corrected chi connectivity index (χ2v) is 6.21. The van der Waals surface area contributed by atoms with Gasteiger partial charge >= 0.3 is 0 Å². The lowest BCUT2D eigenvalue weighted by Crippen LogP contribution is -2.28. The summed E-state index contributed by atoms with van der Waals surface area (Å²) in [5.74, 6) is 0. The van der Waals surface area contributed by atoms with Gasteiger partial charge in [-0.05, 0) is 30.5 Å². The summed E-state index contributed by atoms with van der Waals surface area (Å²) >= 11 is 3.60. The number of halogens is 1. The first-order valence-corrected chi connectivity index (χ1v) is 8.14. The van der Waals surface area contributed by atoms with Crippen LogP contribution in [0, 0.1) is 0 Å². The predicted octanol–water partition coefficient (Wildman–Crippen LogP) is 4.57. The van der Waals surface area contributed by atoms with Crippen molar-refractivity contribution < 1.29 is 0 Å². The lowest BCUT2D eigenvalue weighted by atomic mass is 10.1. The zero-order valence-corrected chi connectivity index (χ0v) is 14.3. The Morgan fingerprint density at radius 1 is 1.16 bits per heavy atom. The van der Waals surface area contributed by atoms with Crippen LogP contribution in [0.25, 0.3) is 0 Å². The first-order valence-electron chi connectivity index (χ1n) is 7.35. The monoisotopic (exact) mass is 326 g/mol. The van der Waals surface area contributed by atoms with Crippen LogP contribution in [0.5, 0.6) is 0 Å². The highest BCUT2D eigenvalue weighted by molar-refractivity contribution is 9.10. The zero-order valence-electron chi connectivity index (χ0n) is 12.7. The lowest BCUT2D eigenvalue weighted by Gasteiger charge is -2.27. The molecule has 0 unspecified atom stereocenters. The lowest BCUT2D eigenvalue weighted by molar-refractivity contribution is 0.587. The van der Waals surface area contributed by atoms with E-state index >= 15 is 0 Å². The molecule has 0 saturated heterocycles. The van der Waals surface area contributed by atoms with E-state index in [4.69, 9.17) is 0 Å². The Balaban J connectivity index is 2.95. The van der Waals surface area contributed by atoms with E-state index in [1.165, 1.54) is 24.1 Å². The average molecular weight is 327 g/mol. The maximum Gasteiger partial charge on any atom is 0.0423 e.